The Morgan fingerprint density at radius 3 is 2.84 bits per heavy atom. The molecule has 2 aromatic carbocycles. The van der Waals surface area contributed by atoms with Gasteiger partial charge in [0.25, 0.3) is 0 Å². The number of aryl methyl sites for hydroxylation is 1. The summed E-state index contributed by atoms with van der Waals surface area (Å²) in [5.74, 6) is 0.808. The van der Waals surface area contributed by atoms with Gasteiger partial charge in [-0.05, 0) is 73.9 Å². The summed E-state index contributed by atoms with van der Waals surface area (Å²) >= 11 is 0. The van der Waals surface area contributed by atoms with E-state index in [-0.39, 0.29) is 35.5 Å². The van der Waals surface area contributed by atoms with Crippen LogP contribution in [0.2, 0.25) is 0 Å². The highest BCUT2D eigenvalue weighted by molar-refractivity contribution is 5.82. The molecule has 0 amide bonds. The fourth-order valence-electron chi connectivity index (χ4n) is 5.77. The molecule has 3 aliphatic rings. The number of phenolic OH excluding ortho intramolecular Hbond substituents is 2. The summed E-state index contributed by atoms with van der Waals surface area (Å²) in [6.45, 7) is 0.959. The molecule has 6 heteroatoms. The maximum absolute atomic E-state index is 12.6. The number of hydrogen-bond acceptors (Lipinski definition) is 6. The molecule has 2 heterocycles. The Hall–Kier alpha value is -2.73. The zero-order chi connectivity index (χ0) is 21.5. The maximum atomic E-state index is 12.6. The molecule has 1 saturated carbocycles. The van der Waals surface area contributed by atoms with Crippen molar-refractivity contribution in [1.29, 1.82) is 0 Å². The zero-order valence-electron chi connectivity index (χ0n) is 17.8. The van der Waals surface area contributed by atoms with Gasteiger partial charge in [-0.2, -0.15) is 0 Å². The Morgan fingerprint density at radius 2 is 2.00 bits per heavy atom. The molecular formula is C25H29NO5. The summed E-state index contributed by atoms with van der Waals surface area (Å²) in [7, 11) is 1.53. The number of carbonyl (C=O) groups is 1. The lowest BCUT2D eigenvalue weighted by atomic mass is 9.68. The van der Waals surface area contributed by atoms with Gasteiger partial charge >= 0.3 is 5.97 Å². The Bertz CT molecular complexity index is 1000. The van der Waals surface area contributed by atoms with Crippen LogP contribution < -0.4 is 10.1 Å². The highest BCUT2D eigenvalue weighted by atomic mass is 16.5. The summed E-state index contributed by atoms with van der Waals surface area (Å²) in [5.41, 5.74) is 3.06. The third kappa shape index (κ3) is 3.63. The molecule has 4 bridgehead atoms. The van der Waals surface area contributed by atoms with Crippen molar-refractivity contribution >= 4 is 5.97 Å². The minimum Gasteiger partial charge on any atom is -0.507 e. The predicted octanol–water partition coefficient (Wildman–Crippen LogP) is 3.88. The van der Waals surface area contributed by atoms with Crippen LogP contribution in [-0.2, 0) is 16.0 Å². The number of rotatable bonds is 1. The number of methoxy groups -OCH3 is 1. The molecule has 6 nitrogen and oxygen atoms in total. The van der Waals surface area contributed by atoms with Gasteiger partial charge in [0.2, 0.25) is 0 Å². The van der Waals surface area contributed by atoms with Crippen molar-refractivity contribution in [3.8, 4) is 28.4 Å². The summed E-state index contributed by atoms with van der Waals surface area (Å²) in [5, 5.41) is 25.6. The first-order chi connectivity index (χ1) is 15.0. The topological polar surface area (TPSA) is 88.0 Å². The molecule has 2 aromatic rings. The van der Waals surface area contributed by atoms with Gasteiger partial charge in [-0.25, -0.2) is 0 Å². The minimum absolute atomic E-state index is 0.0380. The third-order valence-corrected chi connectivity index (χ3v) is 7.19. The van der Waals surface area contributed by atoms with E-state index in [0.717, 1.165) is 36.9 Å². The van der Waals surface area contributed by atoms with Crippen molar-refractivity contribution in [2.24, 2.45) is 5.92 Å². The number of phenols is 2. The van der Waals surface area contributed by atoms with Crippen LogP contribution in [0.1, 0.15) is 49.1 Å². The number of hydrogen-bond donors (Lipinski definition) is 3. The zero-order valence-corrected chi connectivity index (χ0v) is 17.8. The van der Waals surface area contributed by atoms with E-state index < -0.39 is 0 Å². The van der Waals surface area contributed by atoms with Crippen molar-refractivity contribution in [3.63, 3.8) is 0 Å². The number of aromatic hydroxyl groups is 2. The molecule has 2 aliphatic heterocycles. The molecular weight excluding hydrogens is 394 g/mol. The van der Waals surface area contributed by atoms with E-state index in [0.29, 0.717) is 42.1 Å². The van der Waals surface area contributed by atoms with Crippen LogP contribution in [0.25, 0.3) is 11.1 Å². The lowest BCUT2D eigenvalue weighted by Crippen LogP contribution is -2.51. The van der Waals surface area contributed by atoms with Crippen molar-refractivity contribution in [2.45, 2.75) is 56.6 Å². The number of nitrogens with one attached hydrogen (secondary N) is 1. The largest absolute Gasteiger partial charge is 0.507 e. The van der Waals surface area contributed by atoms with Crippen LogP contribution in [0.15, 0.2) is 30.3 Å². The molecule has 164 valence electrons. The monoisotopic (exact) mass is 423 g/mol. The van der Waals surface area contributed by atoms with Gasteiger partial charge in [-0.15, -0.1) is 0 Å². The second-order valence-electron chi connectivity index (χ2n) is 9.00. The fraction of sp³-hybridized carbons (Fsp3) is 0.480. The van der Waals surface area contributed by atoms with E-state index in [1.807, 2.05) is 18.2 Å². The molecule has 4 atom stereocenters. The first-order valence-electron chi connectivity index (χ1n) is 11.2. The van der Waals surface area contributed by atoms with Crippen molar-refractivity contribution < 1.29 is 24.5 Å². The Labute approximate surface area is 182 Å². The summed E-state index contributed by atoms with van der Waals surface area (Å²) in [4.78, 5) is 12.6. The van der Waals surface area contributed by atoms with Crippen LogP contribution in [0.3, 0.4) is 0 Å². The van der Waals surface area contributed by atoms with Crippen LogP contribution >= 0.6 is 0 Å². The number of ether oxygens (including phenoxy) is 2. The SMILES string of the molecule is COc1ccc2c(c1O)-c1cc(ccc1O)CCC(=O)OC1CC3CCCNC3C2C1. The number of esters is 1. The first kappa shape index (κ1) is 20.2. The van der Waals surface area contributed by atoms with Gasteiger partial charge < -0.3 is 25.0 Å². The Balaban J connectivity index is 1.73. The van der Waals surface area contributed by atoms with Gasteiger partial charge in [0.15, 0.2) is 11.5 Å². The van der Waals surface area contributed by atoms with Crippen LogP contribution in [-0.4, -0.2) is 42.0 Å². The molecule has 1 aliphatic carbocycles. The minimum atomic E-state index is -0.168. The average Bonchev–Trinajstić information content (AvgIpc) is 2.77. The molecule has 0 spiro atoms. The second-order valence-corrected chi connectivity index (χ2v) is 9.00. The third-order valence-electron chi connectivity index (χ3n) is 7.19. The number of piperidine rings is 1. The molecule has 5 rings (SSSR count). The summed E-state index contributed by atoms with van der Waals surface area (Å²) in [6.07, 6.45) is 4.46. The lowest BCUT2D eigenvalue weighted by Gasteiger charge is -2.45. The highest BCUT2D eigenvalue weighted by Gasteiger charge is 2.42. The molecule has 31 heavy (non-hydrogen) atoms. The average molecular weight is 424 g/mol. The van der Waals surface area contributed by atoms with E-state index in [4.69, 9.17) is 9.47 Å². The van der Waals surface area contributed by atoms with E-state index in [9.17, 15) is 15.0 Å². The molecule has 4 unspecified atom stereocenters. The standard InChI is InChI=1S/C25H29NO5/c1-30-21-8-6-17-18-13-16(12-15-3-2-10-26-24(15)18)31-22(28)9-5-14-4-7-20(27)19(11-14)23(17)25(21)29/h4,6-8,11,15-16,18,24,26-27,29H,2-3,5,9-10,12-13H2,1H3. The maximum Gasteiger partial charge on any atom is 0.306 e. The van der Waals surface area contributed by atoms with Crippen molar-refractivity contribution in [1.82, 2.24) is 5.32 Å². The van der Waals surface area contributed by atoms with Gasteiger partial charge in [-0.3, -0.25) is 4.79 Å². The van der Waals surface area contributed by atoms with Crippen molar-refractivity contribution in [3.05, 3.63) is 41.5 Å². The van der Waals surface area contributed by atoms with E-state index >= 15 is 0 Å². The summed E-state index contributed by atoms with van der Waals surface area (Å²) < 4.78 is 11.3. The number of carbonyl (C=O) groups excluding carboxylic acids is 1. The van der Waals surface area contributed by atoms with Gasteiger partial charge in [0, 0.05) is 29.5 Å². The van der Waals surface area contributed by atoms with Crippen LogP contribution in [0, 0.1) is 5.92 Å². The van der Waals surface area contributed by atoms with Gasteiger partial charge in [-0.1, -0.05) is 12.1 Å². The molecule has 0 radical (unpaired) electrons. The van der Waals surface area contributed by atoms with Gasteiger partial charge in [0.1, 0.15) is 11.9 Å². The smallest absolute Gasteiger partial charge is 0.306 e. The Morgan fingerprint density at radius 1 is 1.13 bits per heavy atom. The summed E-state index contributed by atoms with van der Waals surface area (Å²) in [6, 6.07) is 9.34. The fourth-order valence-corrected chi connectivity index (χ4v) is 5.77. The first-order valence-corrected chi connectivity index (χ1v) is 11.2. The second kappa shape index (κ2) is 8.08. The van der Waals surface area contributed by atoms with Crippen LogP contribution in [0.4, 0.5) is 0 Å². The predicted molar refractivity (Wildman–Crippen MR) is 116 cm³/mol. The Kier molecular flexibility index (Phi) is 5.26. The van der Waals surface area contributed by atoms with Crippen LogP contribution in [0.5, 0.6) is 17.2 Å². The molecule has 2 fully saturated rings. The van der Waals surface area contributed by atoms with E-state index in [1.54, 1.807) is 12.1 Å². The van der Waals surface area contributed by atoms with E-state index in [1.165, 1.54) is 7.11 Å². The van der Waals surface area contributed by atoms with E-state index in [2.05, 4.69) is 5.32 Å². The lowest BCUT2D eigenvalue weighted by molar-refractivity contribution is -0.152. The quantitative estimate of drug-likeness (QED) is 0.604. The number of fused-ring (bicyclic) bond motifs is 9. The van der Waals surface area contributed by atoms with Crippen molar-refractivity contribution in [2.75, 3.05) is 13.7 Å². The molecule has 0 aromatic heterocycles. The molecule has 3 N–H and O–H groups in total. The number of benzene rings is 2. The highest BCUT2D eigenvalue weighted by Crippen LogP contribution is 2.50. The van der Waals surface area contributed by atoms with Gasteiger partial charge in [0.05, 0.1) is 7.11 Å². The molecule has 1 saturated heterocycles. The normalized spacial score (nSPS) is 27.7.